The van der Waals surface area contributed by atoms with Crippen LogP contribution in [0.25, 0.3) is 11.0 Å². The van der Waals surface area contributed by atoms with Gasteiger partial charge in [0.1, 0.15) is 0 Å². The highest BCUT2D eigenvalue weighted by Crippen LogP contribution is 2.29. The fourth-order valence-electron chi connectivity index (χ4n) is 3.57. The fourth-order valence-corrected chi connectivity index (χ4v) is 3.57. The number of pyridine rings is 1. The van der Waals surface area contributed by atoms with E-state index in [4.69, 9.17) is 10.1 Å². The average molecular weight is 436 g/mol. The summed E-state index contributed by atoms with van der Waals surface area (Å²) in [6.45, 7) is 16.0. The largest absolute Gasteiger partial charge is 0.350 e. The van der Waals surface area contributed by atoms with E-state index in [1.165, 1.54) is 0 Å². The summed E-state index contributed by atoms with van der Waals surface area (Å²) in [5.41, 5.74) is 3.36. The molecule has 2 aromatic heterocycles. The van der Waals surface area contributed by atoms with Crippen LogP contribution in [0.1, 0.15) is 86.5 Å². The van der Waals surface area contributed by atoms with Crippen molar-refractivity contribution in [1.82, 2.24) is 20.1 Å². The maximum atomic E-state index is 13.5. The number of carbonyl (C=O) groups excluding carboxylic acids is 2. The molecule has 7 heteroatoms. The topological polar surface area (TPSA) is 88.9 Å². The fraction of sp³-hybridized carbons (Fsp3) is 0.440. The monoisotopic (exact) mass is 435 g/mol. The van der Waals surface area contributed by atoms with Crippen LogP contribution in [-0.4, -0.2) is 32.6 Å². The molecule has 0 aliphatic carbocycles. The van der Waals surface area contributed by atoms with Gasteiger partial charge in [-0.3, -0.25) is 9.59 Å². The van der Waals surface area contributed by atoms with Gasteiger partial charge in [0, 0.05) is 11.7 Å². The van der Waals surface area contributed by atoms with Crippen LogP contribution in [0.15, 0.2) is 30.3 Å². The molecule has 170 valence electrons. The summed E-state index contributed by atoms with van der Waals surface area (Å²) in [5, 5.41) is 11.3. The first-order chi connectivity index (χ1) is 14.9. The smallest absolute Gasteiger partial charge is 0.256 e. The zero-order chi connectivity index (χ0) is 23.8. The number of hydrogen-bond acceptors (Lipinski definition) is 4. The van der Waals surface area contributed by atoms with Crippen LogP contribution in [0.4, 0.5) is 5.69 Å². The number of nitrogens with zero attached hydrogens (tertiary/aromatic N) is 3. The van der Waals surface area contributed by atoms with Crippen molar-refractivity contribution >= 4 is 28.5 Å². The Kier molecular flexibility index (Phi) is 6.39. The Morgan fingerprint density at radius 2 is 1.66 bits per heavy atom. The minimum atomic E-state index is -0.291. The van der Waals surface area contributed by atoms with Crippen molar-refractivity contribution in [2.75, 3.05) is 5.32 Å². The number of fused-ring (bicyclic) bond motifs is 1. The lowest BCUT2D eigenvalue weighted by molar-refractivity contribution is 0.0944. The Morgan fingerprint density at radius 3 is 2.25 bits per heavy atom. The van der Waals surface area contributed by atoms with Crippen molar-refractivity contribution < 1.29 is 9.59 Å². The second kappa shape index (κ2) is 8.73. The lowest BCUT2D eigenvalue weighted by Crippen LogP contribution is -2.31. The Labute approximate surface area is 189 Å². The predicted molar refractivity (Wildman–Crippen MR) is 128 cm³/mol. The Morgan fingerprint density at radius 1 is 1.00 bits per heavy atom. The summed E-state index contributed by atoms with van der Waals surface area (Å²) in [6, 6.07) is 8.85. The zero-order valence-corrected chi connectivity index (χ0v) is 20.2. The van der Waals surface area contributed by atoms with Gasteiger partial charge in [-0.1, -0.05) is 26.0 Å². The van der Waals surface area contributed by atoms with Crippen LogP contribution in [0.2, 0.25) is 0 Å². The molecule has 0 saturated carbocycles. The van der Waals surface area contributed by atoms with E-state index in [2.05, 4.69) is 31.4 Å². The number of aromatic nitrogens is 3. The second-order valence-electron chi connectivity index (χ2n) is 9.74. The zero-order valence-electron chi connectivity index (χ0n) is 20.2. The molecular formula is C25H33N5O2. The van der Waals surface area contributed by atoms with E-state index in [1.807, 2.05) is 45.4 Å². The molecule has 32 heavy (non-hydrogen) atoms. The lowest BCUT2D eigenvalue weighted by atomic mass is 10.0. The van der Waals surface area contributed by atoms with Crippen molar-refractivity contribution in [2.45, 2.75) is 72.9 Å². The molecule has 2 N–H and O–H groups in total. The molecule has 0 fully saturated rings. The van der Waals surface area contributed by atoms with Crippen molar-refractivity contribution in [1.29, 1.82) is 0 Å². The highest BCUT2D eigenvalue weighted by molar-refractivity contribution is 6.14. The van der Waals surface area contributed by atoms with Crippen molar-refractivity contribution in [2.24, 2.45) is 0 Å². The molecular weight excluding hydrogens is 402 g/mol. The number of anilines is 1. The number of benzene rings is 1. The standard InChI is InChI=1S/C25H33N5O2/c1-14(2)20-13-18(21-16(5)29-30(22(21)27-20)25(6,7)8)24(32)28-19-12-10-9-11-17(19)23(31)26-15(3)4/h9-15H,1-8H3,(H,26,31)(H,28,32). The van der Waals surface area contributed by atoms with Gasteiger partial charge in [-0.25, -0.2) is 9.67 Å². The van der Waals surface area contributed by atoms with Gasteiger partial charge in [-0.15, -0.1) is 0 Å². The summed E-state index contributed by atoms with van der Waals surface area (Å²) in [7, 11) is 0. The molecule has 1 aromatic carbocycles. The molecule has 2 amide bonds. The number of para-hydroxylation sites is 1. The van der Waals surface area contributed by atoms with Crippen LogP contribution < -0.4 is 10.6 Å². The van der Waals surface area contributed by atoms with E-state index in [0.29, 0.717) is 22.5 Å². The third-order valence-corrected chi connectivity index (χ3v) is 5.14. The van der Waals surface area contributed by atoms with Gasteiger partial charge in [0.2, 0.25) is 0 Å². The maximum Gasteiger partial charge on any atom is 0.256 e. The normalized spacial score (nSPS) is 11.9. The van der Waals surface area contributed by atoms with E-state index in [0.717, 1.165) is 16.8 Å². The third kappa shape index (κ3) is 4.66. The minimum Gasteiger partial charge on any atom is -0.350 e. The van der Waals surface area contributed by atoms with Gasteiger partial charge in [0.05, 0.1) is 33.4 Å². The van der Waals surface area contributed by atoms with E-state index < -0.39 is 0 Å². The SMILES string of the molecule is Cc1nn(C(C)(C)C)c2nc(C(C)C)cc(C(=O)Nc3ccccc3C(=O)NC(C)C)c12. The highest BCUT2D eigenvalue weighted by atomic mass is 16.2. The number of nitrogens with one attached hydrogen (secondary N) is 2. The molecule has 0 spiro atoms. The third-order valence-electron chi connectivity index (χ3n) is 5.14. The maximum absolute atomic E-state index is 13.5. The summed E-state index contributed by atoms with van der Waals surface area (Å²) in [5.74, 6) is -0.380. The van der Waals surface area contributed by atoms with Crippen LogP contribution in [0.5, 0.6) is 0 Å². The molecule has 0 radical (unpaired) electrons. The molecule has 3 rings (SSSR count). The molecule has 0 aliphatic rings. The van der Waals surface area contributed by atoms with E-state index in [-0.39, 0.29) is 29.3 Å². The van der Waals surface area contributed by atoms with E-state index in [9.17, 15) is 9.59 Å². The average Bonchev–Trinajstić information content (AvgIpc) is 3.04. The molecule has 0 saturated heterocycles. The molecule has 0 unspecified atom stereocenters. The molecule has 3 aromatic rings. The number of carbonyl (C=O) groups is 2. The van der Waals surface area contributed by atoms with E-state index >= 15 is 0 Å². The number of rotatable bonds is 5. The lowest BCUT2D eigenvalue weighted by Gasteiger charge is -2.20. The van der Waals surface area contributed by atoms with Crippen LogP contribution in [0, 0.1) is 6.92 Å². The van der Waals surface area contributed by atoms with Gasteiger partial charge >= 0.3 is 0 Å². The quantitative estimate of drug-likeness (QED) is 0.590. The van der Waals surface area contributed by atoms with Crippen LogP contribution in [0.3, 0.4) is 0 Å². The van der Waals surface area contributed by atoms with Crippen molar-refractivity contribution in [3.8, 4) is 0 Å². The highest BCUT2D eigenvalue weighted by Gasteiger charge is 2.26. The van der Waals surface area contributed by atoms with Crippen LogP contribution in [-0.2, 0) is 5.54 Å². The molecule has 2 heterocycles. The summed E-state index contributed by atoms with van der Waals surface area (Å²) >= 11 is 0. The first-order valence-corrected chi connectivity index (χ1v) is 11.0. The van der Waals surface area contributed by atoms with Gasteiger partial charge in [-0.05, 0) is 65.7 Å². The summed E-state index contributed by atoms with van der Waals surface area (Å²) < 4.78 is 1.88. The molecule has 0 bridgehead atoms. The van der Waals surface area contributed by atoms with Gasteiger partial charge in [0.15, 0.2) is 5.65 Å². The van der Waals surface area contributed by atoms with Crippen molar-refractivity contribution in [3.63, 3.8) is 0 Å². The Balaban J connectivity index is 2.12. The Hall–Kier alpha value is -3.22. The van der Waals surface area contributed by atoms with Crippen molar-refractivity contribution in [3.05, 3.63) is 52.8 Å². The summed E-state index contributed by atoms with van der Waals surface area (Å²) in [4.78, 5) is 31.0. The summed E-state index contributed by atoms with van der Waals surface area (Å²) in [6.07, 6.45) is 0. The van der Waals surface area contributed by atoms with Crippen LogP contribution >= 0.6 is 0 Å². The Bertz CT molecular complexity index is 1170. The molecule has 0 atom stereocenters. The van der Waals surface area contributed by atoms with Gasteiger partial charge in [-0.2, -0.15) is 5.10 Å². The van der Waals surface area contributed by atoms with Gasteiger partial charge in [0.25, 0.3) is 11.8 Å². The first-order valence-electron chi connectivity index (χ1n) is 11.0. The van der Waals surface area contributed by atoms with Gasteiger partial charge < -0.3 is 10.6 Å². The van der Waals surface area contributed by atoms with E-state index in [1.54, 1.807) is 24.3 Å². The number of amides is 2. The first kappa shape index (κ1) is 23.4. The predicted octanol–water partition coefficient (Wildman–Crippen LogP) is 5.01. The second-order valence-corrected chi connectivity index (χ2v) is 9.74. The molecule has 7 nitrogen and oxygen atoms in total. The minimum absolute atomic E-state index is 0.00873. The number of aryl methyl sites for hydroxylation is 1. The number of hydrogen-bond donors (Lipinski definition) is 2. The molecule has 0 aliphatic heterocycles.